The highest BCUT2D eigenvalue weighted by Crippen LogP contribution is 2.09. The van der Waals surface area contributed by atoms with Crippen molar-refractivity contribution in [1.29, 1.82) is 0 Å². The van der Waals surface area contributed by atoms with E-state index in [1.54, 1.807) is 12.1 Å². The van der Waals surface area contributed by atoms with Gasteiger partial charge >= 0.3 is 11.8 Å². The van der Waals surface area contributed by atoms with Crippen LogP contribution < -0.4 is 10.6 Å². The van der Waals surface area contributed by atoms with Gasteiger partial charge in [0.1, 0.15) is 0 Å². The molecular formula is C17H26N2O3. The van der Waals surface area contributed by atoms with Gasteiger partial charge in [-0.3, -0.25) is 9.59 Å². The lowest BCUT2D eigenvalue weighted by Gasteiger charge is -2.07. The van der Waals surface area contributed by atoms with Crippen LogP contribution in [0.5, 0.6) is 0 Å². The normalized spacial score (nSPS) is 10.3. The van der Waals surface area contributed by atoms with Crippen molar-refractivity contribution in [2.75, 3.05) is 25.1 Å². The van der Waals surface area contributed by atoms with E-state index in [0.717, 1.165) is 25.9 Å². The van der Waals surface area contributed by atoms with Crippen molar-refractivity contribution >= 4 is 17.5 Å². The molecule has 0 bridgehead atoms. The van der Waals surface area contributed by atoms with Gasteiger partial charge in [0, 0.05) is 25.4 Å². The third kappa shape index (κ3) is 7.22. The molecule has 1 rings (SSSR count). The minimum atomic E-state index is -0.642. The maximum absolute atomic E-state index is 11.7. The Morgan fingerprint density at radius 1 is 1.00 bits per heavy atom. The lowest BCUT2D eigenvalue weighted by atomic mass is 10.1. The minimum Gasteiger partial charge on any atom is -0.381 e. The molecule has 0 saturated heterocycles. The highest BCUT2D eigenvalue weighted by Gasteiger charge is 2.12. The van der Waals surface area contributed by atoms with Gasteiger partial charge in [-0.15, -0.1) is 0 Å². The maximum atomic E-state index is 11.7. The number of rotatable bonds is 9. The van der Waals surface area contributed by atoms with Crippen molar-refractivity contribution in [2.45, 2.75) is 39.5 Å². The zero-order valence-corrected chi connectivity index (χ0v) is 13.5. The van der Waals surface area contributed by atoms with Gasteiger partial charge in [0.15, 0.2) is 0 Å². The summed E-state index contributed by atoms with van der Waals surface area (Å²) in [5.41, 5.74) is 1.81. The minimum absolute atomic E-state index is 0.438. The van der Waals surface area contributed by atoms with E-state index in [1.807, 2.05) is 12.1 Å². The Labute approximate surface area is 132 Å². The predicted molar refractivity (Wildman–Crippen MR) is 87.8 cm³/mol. The average molecular weight is 306 g/mol. The Morgan fingerprint density at radius 2 is 1.68 bits per heavy atom. The number of carbonyl (C=O) groups is 2. The fourth-order valence-corrected chi connectivity index (χ4v) is 1.82. The van der Waals surface area contributed by atoms with Gasteiger partial charge in [0.25, 0.3) is 0 Å². The number of benzene rings is 1. The van der Waals surface area contributed by atoms with E-state index in [4.69, 9.17) is 4.74 Å². The van der Waals surface area contributed by atoms with Gasteiger partial charge in [-0.2, -0.15) is 0 Å². The van der Waals surface area contributed by atoms with Crippen molar-refractivity contribution < 1.29 is 14.3 Å². The summed E-state index contributed by atoms with van der Waals surface area (Å²) in [5, 5.41) is 5.16. The highest BCUT2D eigenvalue weighted by molar-refractivity contribution is 6.39. The number of amides is 2. The molecule has 0 saturated carbocycles. The van der Waals surface area contributed by atoms with E-state index in [1.165, 1.54) is 5.56 Å². The van der Waals surface area contributed by atoms with Crippen LogP contribution in [-0.4, -0.2) is 31.6 Å². The van der Waals surface area contributed by atoms with Gasteiger partial charge in [-0.25, -0.2) is 0 Å². The molecule has 0 aromatic heterocycles. The predicted octanol–water partition coefficient (Wildman–Crippen LogP) is 2.51. The molecule has 0 fully saturated rings. The van der Waals surface area contributed by atoms with Crippen molar-refractivity contribution in [3.05, 3.63) is 29.8 Å². The first kappa shape index (κ1) is 18.2. The first-order chi connectivity index (χ1) is 10.7. The number of hydrogen-bond donors (Lipinski definition) is 2. The molecule has 0 aliphatic rings. The summed E-state index contributed by atoms with van der Waals surface area (Å²) in [7, 11) is 0. The maximum Gasteiger partial charge on any atom is 0.313 e. The van der Waals surface area contributed by atoms with E-state index >= 15 is 0 Å². The van der Waals surface area contributed by atoms with Crippen molar-refractivity contribution in [2.24, 2.45) is 0 Å². The van der Waals surface area contributed by atoms with Crippen LogP contribution >= 0.6 is 0 Å². The number of unbranched alkanes of at least 4 members (excludes halogenated alkanes) is 1. The Morgan fingerprint density at radius 3 is 2.32 bits per heavy atom. The molecule has 2 amide bonds. The fraction of sp³-hybridized carbons (Fsp3) is 0.529. The molecule has 2 N–H and O–H groups in total. The van der Waals surface area contributed by atoms with Crippen LogP contribution in [0, 0.1) is 0 Å². The second-order valence-corrected chi connectivity index (χ2v) is 5.08. The van der Waals surface area contributed by atoms with Gasteiger partial charge in [-0.1, -0.05) is 32.4 Å². The first-order valence-corrected chi connectivity index (χ1v) is 7.93. The van der Waals surface area contributed by atoms with E-state index in [2.05, 4.69) is 24.5 Å². The van der Waals surface area contributed by atoms with Crippen LogP contribution in [0.25, 0.3) is 0 Å². The third-order valence-electron chi connectivity index (χ3n) is 3.22. The van der Waals surface area contributed by atoms with Crippen LogP contribution in [0.3, 0.4) is 0 Å². The number of anilines is 1. The van der Waals surface area contributed by atoms with Gasteiger partial charge in [-0.05, 0) is 37.0 Å². The largest absolute Gasteiger partial charge is 0.381 e. The molecule has 0 heterocycles. The number of nitrogens with one attached hydrogen (secondary N) is 2. The molecule has 0 aliphatic carbocycles. The summed E-state index contributed by atoms with van der Waals surface area (Å²) >= 11 is 0. The summed E-state index contributed by atoms with van der Waals surface area (Å²) in [5.74, 6) is -1.26. The van der Waals surface area contributed by atoms with Crippen molar-refractivity contribution in [3.8, 4) is 0 Å². The molecular weight excluding hydrogens is 280 g/mol. The van der Waals surface area contributed by atoms with Crippen molar-refractivity contribution in [3.63, 3.8) is 0 Å². The summed E-state index contributed by atoms with van der Waals surface area (Å²) in [6.07, 6.45) is 3.80. The molecule has 0 aliphatic heterocycles. The molecule has 0 unspecified atom stereocenters. The Balaban J connectivity index is 2.20. The molecule has 0 spiro atoms. The Bertz CT molecular complexity index is 457. The number of hydrogen-bond acceptors (Lipinski definition) is 3. The fourth-order valence-electron chi connectivity index (χ4n) is 1.82. The number of carbonyl (C=O) groups excluding carboxylic acids is 2. The summed E-state index contributed by atoms with van der Waals surface area (Å²) < 4.78 is 5.38. The van der Waals surface area contributed by atoms with E-state index in [0.29, 0.717) is 25.3 Å². The molecule has 5 nitrogen and oxygen atoms in total. The summed E-state index contributed by atoms with van der Waals surface area (Å²) in [6, 6.07) is 7.46. The van der Waals surface area contributed by atoms with Crippen LogP contribution in [0.1, 0.15) is 38.7 Å². The highest BCUT2D eigenvalue weighted by atomic mass is 16.5. The SMILES string of the molecule is CCCCOCCCNC(=O)C(=O)Nc1ccc(CC)cc1. The second kappa shape index (κ2) is 10.8. The topological polar surface area (TPSA) is 67.4 Å². The molecule has 122 valence electrons. The molecule has 1 aromatic carbocycles. The first-order valence-electron chi connectivity index (χ1n) is 7.93. The lowest BCUT2D eigenvalue weighted by molar-refractivity contribution is -0.136. The smallest absolute Gasteiger partial charge is 0.313 e. The third-order valence-corrected chi connectivity index (χ3v) is 3.22. The monoisotopic (exact) mass is 306 g/mol. The standard InChI is InChI=1S/C17H26N2O3/c1-3-5-12-22-13-6-11-18-16(20)17(21)19-15-9-7-14(4-2)8-10-15/h7-10H,3-6,11-13H2,1-2H3,(H,18,20)(H,19,21). The number of ether oxygens (including phenoxy) is 1. The Hall–Kier alpha value is -1.88. The van der Waals surface area contributed by atoms with E-state index in [9.17, 15) is 9.59 Å². The Kier molecular flexibility index (Phi) is 8.91. The van der Waals surface area contributed by atoms with E-state index < -0.39 is 11.8 Å². The van der Waals surface area contributed by atoms with Gasteiger partial charge < -0.3 is 15.4 Å². The van der Waals surface area contributed by atoms with Crippen molar-refractivity contribution in [1.82, 2.24) is 5.32 Å². The van der Waals surface area contributed by atoms with Crippen LogP contribution in [0.2, 0.25) is 0 Å². The van der Waals surface area contributed by atoms with Crippen LogP contribution in [0.4, 0.5) is 5.69 Å². The average Bonchev–Trinajstić information content (AvgIpc) is 2.54. The molecule has 1 aromatic rings. The molecule has 0 atom stereocenters. The molecule has 0 radical (unpaired) electrons. The molecule has 5 heteroatoms. The number of aryl methyl sites for hydroxylation is 1. The van der Waals surface area contributed by atoms with E-state index in [-0.39, 0.29) is 0 Å². The quantitative estimate of drug-likeness (QED) is 0.544. The summed E-state index contributed by atoms with van der Waals surface area (Å²) in [6.45, 7) is 5.96. The summed E-state index contributed by atoms with van der Waals surface area (Å²) in [4.78, 5) is 23.4. The second-order valence-electron chi connectivity index (χ2n) is 5.08. The van der Waals surface area contributed by atoms with Crippen LogP contribution in [0.15, 0.2) is 24.3 Å². The zero-order valence-electron chi connectivity index (χ0n) is 13.5. The molecule has 22 heavy (non-hydrogen) atoms. The van der Waals surface area contributed by atoms with Crippen LogP contribution in [-0.2, 0) is 20.7 Å². The van der Waals surface area contributed by atoms with Gasteiger partial charge in [0.05, 0.1) is 0 Å². The zero-order chi connectivity index (χ0) is 16.2. The lowest BCUT2D eigenvalue weighted by Crippen LogP contribution is -2.36. The van der Waals surface area contributed by atoms with Gasteiger partial charge in [0.2, 0.25) is 0 Å².